The van der Waals surface area contributed by atoms with Crippen molar-refractivity contribution in [3.63, 3.8) is 0 Å². The van der Waals surface area contributed by atoms with E-state index in [-0.39, 0.29) is 11.5 Å². The first-order chi connectivity index (χ1) is 8.47. The fourth-order valence-corrected chi connectivity index (χ4v) is 3.23. The Morgan fingerprint density at radius 1 is 1.56 bits per heavy atom. The van der Waals surface area contributed by atoms with Gasteiger partial charge in [-0.2, -0.15) is 0 Å². The van der Waals surface area contributed by atoms with E-state index in [1.165, 1.54) is 10.6 Å². The minimum atomic E-state index is -0.154. The van der Waals surface area contributed by atoms with Crippen LogP contribution in [0.15, 0.2) is 23.1 Å². The number of hydrogen-bond donors (Lipinski definition) is 0. The molecule has 0 radical (unpaired) electrons. The van der Waals surface area contributed by atoms with Crippen molar-refractivity contribution in [3.8, 4) is 0 Å². The molecule has 98 valence electrons. The maximum absolute atomic E-state index is 12.1. The van der Waals surface area contributed by atoms with Gasteiger partial charge in [0.15, 0.2) is 0 Å². The smallest absolute Gasteiger partial charge is 0.253 e. The molecule has 0 aromatic carbocycles. The molecule has 1 aromatic rings. The first-order valence-corrected chi connectivity index (χ1v) is 6.95. The van der Waals surface area contributed by atoms with Crippen LogP contribution in [0.2, 0.25) is 0 Å². The van der Waals surface area contributed by atoms with E-state index < -0.39 is 0 Å². The summed E-state index contributed by atoms with van der Waals surface area (Å²) in [5.41, 5.74) is 0.314. The summed E-state index contributed by atoms with van der Waals surface area (Å²) in [5.74, 6) is 0.501. The zero-order valence-electron chi connectivity index (χ0n) is 10.6. The van der Waals surface area contributed by atoms with Crippen molar-refractivity contribution < 1.29 is 4.79 Å². The number of pyridine rings is 1. The summed E-state index contributed by atoms with van der Waals surface area (Å²) in [6, 6.07) is 3.08. The number of amides is 1. The lowest BCUT2D eigenvalue weighted by Gasteiger charge is -2.34. The highest BCUT2D eigenvalue weighted by Crippen LogP contribution is 2.33. The number of alkyl halides is 1. The molecular weight excluding hydrogens is 296 g/mol. The van der Waals surface area contributed by atoms with Gasteiger partial charge in [0.05, 0.1) is 0 Å². The first-order valence-electron chi connectivity index (χ1n) is 6.03. The molecular formula is C13H17BrN2O2. The van der Waals surface area contributed by atoms with E-state index >= 15 is 0 Å². The number of carbonyl (C=O) groups is 1. The van der Waals surface area contributed by atoms with Crippen LogP contribution in [0.4, 0.5) is 0 Å². The Kier molecular flexibility index (Phi) is 3.90. The molecule has 0 N–H and O–H groups in total. The van der Waals surface area contributed by atoms with E-state index in [1.807, 2.05) is 0 Å². The predicted molar refractivity (Wildman–Crippen MR) is 74.1 cm³/mol. The second-order valence-corrected chi connectivity index (χ2v) is 6.28. The lowest BCUT2D eigenvalue weighted by Crippen LogP contribution is -2.38. The van der Waals surface area contributed by atoms with Crippen LogP contribution in [0.1, 0.15) is 23.2 Å². The Bertz CT molecular complexity index is 506. The van der Waals surface area contributed by atoms with Gasteiger partial charge in [0.1, 0.15) is 0 Å². The number of rotatable bonds is 3. The minimum absolute atomic E-state index is 0.0780. The molecule has 0 bridgehead atoms. The SMILES string of the molecule is CN(CC1CC(Br)C1)C(=O)c1ccn(C)c(=O)c1. The van der Waals surface area contributed by atoms with E-state index in [0.29, 0.717) is 16.3 Å². The van der Waals surface area contributed by atoms with Gasteiger partial charge < -0.3 is 9.47 Å². The average Bonchev–Trinajstić information content (AvgIpc) is 2.29. The van der Waals surface area contributed by atoms with Gasteiger partial charge in [0.25, 0.3) is 11.5 Å². The normalized spacial score (nSPS) is 22.4. The van der Waals surface area contributed by atoms with Crippen LogP contribution in [0.5, 0.6) is 0 Å². The molecule has 1 fully saturated rings. The topological polar surface area (TPSA) is 42.3 Å². The molecule has 0 saturated heterocycles. The van der Waals surface area contributed by atoms with E-state index in [1.54, 1.807) is 31.3 Å². The number of carbonyl (C=O) groups excluding carboxylic acids is 1. The third-order valence-electron chi connectivity index (χ3n) is 3.41. The molecule has 1 aromatic heterocycles. The summed E-state index contributed by atoms with van der Waals surface area (Å²) in [6.45, 7) is 0.760. The number of hydrogen-bond acceptors (Lipinski definition) is 2. The summed E-state index contributed by atoms with van der Waals surface area (Å²) in [7, 11) is 3.46. The number of halogens is 1. The third-order valence-corrected chi connectivity index (χ3v) is 4.16. The van der Waals surface area contributed by atoms with Crippen LogP contribution < -0.4 is 5.56 Å². The highest BCUT2D eigenvalue weighted by Gasteiger charge is 2.28. The third kappa shape index (κ3) is 2.83. The van der Waals surface area contributed by atoms with E-state index in [2.05, 4.69) is 15.9 Å². The van der Waals surface area contributed by atoms with Crippen molar-refractivity contribution in [2.24, 2.45) is 13.0 Å². The number of aromatic nitrogens is 1. The maximum Gasteiger partial charge on any atom is 0.253 e. The summed E-state index contributed by atoms with van der Waals surface area (Å²) in [6.07, 6.45) is 3.86. The minimum Gasteiger partial charge on any atom is -0.341 e. The van der Waals surface area contributed by atoms with Crippen molar-refractivity contribution in [1.29, 1.82) is 0 Å². The number of nitrogens with zero attached hydrogens (tertiary/aromatic N) is 2. The Morgan fingerprint density at radius 2 is 2.22 bits per heavy atom. The van der Waals surface area contributed by atoms with Crippen molar-refractivity contribution in [1.82, 2.24) is 9.47 Å². The molecule has 1 amide bonds. The van der Waals surface area contributed by atoms with E-state index in [0.717, 1.165) is 19.4 Å². The molecule has 0 atom stereocenters. The maximum atomic E-state index is 12.1. The zero-order chi connectivity index (χ0) is 13.3. The Labute approximate surface area is 115 Å². The molecule has 0 unspecified atom stereocenters. The molecule has 4 nitrogen and oxygen atoms in total. The zero-order valence-corrected chi connectivity index (χ0v) is 12.2. The Balaban J connectivity index is 2.01. The average molecular weight is 313 g/mol. The summed E-state index contributed by atoms with van der Waals surface area (Å²) < 4.78 is 1.46. The lowest BCUT2D eigenvalue weighted by molar-refractivity contribution is 0.0748. The largest absolute Gasteiger partial charge is 0.341 e. The van der Waals surface area contributed by atoms with Crippen molar-refractivity contribution >= 4 is 21.8 Å². The second-order valence-electron chi connectivity index (χ2n) is 4.98. The molecule has 1 saturated carbocycles. The van der Waals surface area contributed by atoms with Gasteiger partial charge in [-0.1, -0.05) is 15.9 Å². The predicted octanol–water partition coefficient (Wildman–Crippen LogP) is 1.63. The van der Waals surface area contributed by atoms with Gasteiger partial charge in [-0.25, -0.2) is 0 Å². The van der Waals surface area contributed by atoms with Gasteiger partial charge in [0.2, 0.25) is 0 Å². The molecule has 1 aliphatic rings. The Morgan fingerprint density at radius 3 is 2.78 bits per heavy atom. The quantitative estimate of drug-likeness (QED) is 0.796. The fraction of sp³-hybridized carbons (Fsp3) is 0.538. The van der Waals surface area contributed by atoms with Crippen LogP contribution in [0, 0.1) is 5.92 Å². The molecule has 1 heterocycles. The lowest BCUT2D eigenvalue weighted by atomic mass is 9.85. The summed E-state index contributed by atoms with van der Waals surface area (Å²) >= 11 is 3.54. The van der Waals surface area contributed by atoms with E-state index in [9.17, 15) is 9.59 Å². The van der Waals surface area contributed by atoms with Gasteiger partial charge >= 0.3 is 0 Å². The molecule has 5 heteroatoms. The second kappa shape index (κ2) is 5.26. The van der Waals surface area contributed by atoms with Crippen LogP contribution in [-0.2, 0) is 7.05 Å². The van der Waals surface area contributed by atoms with Crippen LogP contribution in [-0.4, -0.2) is 33.8 Å². The van der Waals surface area contributed by atoms with Crippen LogP contribution in [0.3, 0.4) is 0 Å². The van der Waals surface area contributed by atoms with Crippen LogP contribution >= 0.6 is 15.9 Å². The Hall–Kier alpha value is -1.10. The van der Waals surface area contributed by atoms with Crippen molar-refractivity contribution in [2.45, 2.75) is 17.7 Å². The highest BCUT2D eigenvalue weighted by atomic mass is 79.9. The first kappa shape index (κ1) is 13.3. The van der Waals surface area contributed by atoms with E-state index in [4.69, 9.17) is 0 Å². The van der Waals surface area contributed by atoms with Gasteiger partial charge in [-0.15, -0.1) is 0 Å². The molecule has 1 aliphatic carbocycles. The monoisotopic (exact) mass is 312 g/mol. The fourth-order valence-electron chi connectivity index (χ4n) is 2.18. The van der Waals surface area contributed by atoms with Crippen molar-refractivity contribution in [2.75, 3.05) is 13.6 Å². The molecule has 0 aliphatic heterocycles. The standard InChI is InChI=1S/C13H17BrN2O2/c1-15-4-3-10(7-12(15)17)13(18)16(2)8-9-5-11(14)6-9/h3-4,7,9,11H,5-6,8H2,1-2H3. The van der Waals surface area contributed by atoms with Gasteiger partial charge in [-0.05, 0) is 24.8 Å². The van der Waals surface area contributed by atoms with Gasteiger partial charge in [-0.3, -0.25) is 9.59 Å². The molecule has 0 spiro atoms. The summed E-state index contributed by atoms with van der Waals surface area (Å²) in [4.78, 5) is 25.9. The highest BCUT2D eigenvalue weighted by molar-refractivity contribution is 9.09. The van der Waals surface area contributed by atoms with Gasteiger partial charge in [0, 0.05) is 43.3 Å². The summed E-state index contributed by atoms with van der Waals surface area (Å²) in [5, 5.41) is 0. The molecule has 18 heavy (non-hydrogen) atoms. The molecule has 2 rings (SSSR count). The van der Waals surface area contributed by atoms with Crippen LogP contribution in [0.25, 0.3) is 0 Å². The number of aryl methyl sites for hydroxylation is 1. The van der Waals surface area contributed by atoms with Crippen molar-refractivity contribution in [3.05, 3.63) is 34.2 Å².